The molecular formula is C20H25N3O2. The topological polar surface area (TPSA) is 68.4 Å². The number of hydrogen-bond donors (Lipinski definition) is 3. The molecule has 0 saturated heterocycles. The van der Waals surface area contributed by atoms with E-state index in [-0.39, 0.29) is 24.5 Å². The number of hydrogen-bond acceptors (Lipinski definition) is 3. The number of likely N-dealkylation sites (N-methyl/N-ethyl adjacent to an activating group) is 1. The van der Waals surface area contributed by atoms with Gasteiger partial charge in [0.15, 0.2) is 0 Å². The summed E-state index contributed by atoms with van der Waals surface area (Å²) >= 11 is 0. The minimum absolute atomic E-state index is 0.00532. The van der Waals surface area contributed by atoms with Crippen molar-refractivity contribution in [3.8, 4) is 0 Å². The van der Waals surface area contributed by atoms with Gasteiger partial charge < -0.3 is 15.4 Å². The second-order valence-electron chi connectivity index (χ2n) is 7.23. The Hall–Kier alpha value is -2.11. The van der Waals surface area contributed by atoms with Crippen LogP contribution in [-0.2, 0) is 11.2 Å². The summed E-state index contributed by atoms with van der Waals surface area (Å²) in [5, 5.41) is 13.6. The van der Waals surface area contributed by atoms with Gasteiger partial charge in [-0.15, -0.1) is 0 Å². The molecule has 1 aliphatic heterocycles. The van der Waals surface area contributed by atoms with E-state index in [0.29, 0.717) is 12.6 Å². The highest BCUT2D eigenvalue weighted by Gasteiger charge is 2.35. The number of aliphatic hydroxyl groups excluding tert-OH is 1. The van der Waals surface area contributed by atoms with Gasteiger partial charge >= 0.3 is 0 Å². The summed E-state index contributed by atoms with van der Waals surface area (Å²) in [6.45, 7) is 2.66. The summed E-state index contributed by atoms with van der Waals surface area (Å²) in [5.41, 5.74) is 5.01. The zero-order valence-electron chi connectivity index (χ0n) is 14.7. The van der Waals surface area contributed by atoms with Crippen molar-refractivity contribution in [1.82, 2.24) is 15.2 Å². The zero-order chi connectivity index (χ0) is 17.6. The molecule has 2 unspecified atom stereocenters. The maximum Gasteiger partial charge on any atom is 0.228 e. The Morgan fingerprint density at radius 2 is 2.32 bits per heavy atom. The molecule has 0 spiro atoms. The smallest absolute Gasteiger partial charge is 0.228 e. The number of nitrogens with one attached hydrogen (secondary N) is 2. The SMILES string of the molecule is CCC(CO)NC(=O)C1C=C2c3cccc4[nH]cc(c34)C[C@H]2N(C)C1. The number of carbonyl (C=O) groups excluding carboxylic acids is 1. The Balaban J connectivity index is 1.71. The van der Waals surface area contributed by atoms with Gasteiger partial charge in [0.1, 0.15) is 0 Å². The Kier molecular flexibility index (Phi) is 4.13. The molecule has 5 heteroatoms. The first-order chi connectivity index (χ1) is 12.1. The van der Waals surface area contributed by atoms with E-state index in [1.807, 2.05) is 6.92 Å². The Bertz CT molecular complexity index is 835. The summed E-state index contributed by atoms with van der Waals surface area (Å²) in [5.74, 6) is -0.182. The van der Waals surface area contributed by atoms with Crippen LogP contribution in [0.1, 0.15) is 24.5 Å². The quantitative estimate of drug-likeness (QED) is 0.797. The highest BCUT2D eigenvalue weighted by molar-refractivity contribution is 5.99. The molecule has 25 heavy (non-hydrogen) atoms. The molecule has 1 amide bonds. The van der Waals surface area contributed by atoms with Crippen LogP contribution >= 0.6 is 0 Å². The lowest BCUT2D eigenvalue weighted by molar-refractivity contribution is -0.125. The normalized spacial score (nSPS) is 23.9. The number of H-pyrrole nitrogens is 1. The average Bonchev–Trinajstić information content (AvgIpc) is 3.04. The van der Waals surface area contributed by atoms with Crippen molar-refractivity contribution in [3.05, 3.63) is 41.6 Å². The van der Waals surface area contributed by atoms with Gasteiger partial charge in [0, 0.05) is 29.7 Å². The Morgan fingerprint density at radius 3 is 3.08 bits per heavy atom. The molecule has 132 valence electrons. The maximum atomic E-state index is 12.7. The fraction of sp³-hybridized carbons (Fsp3) is 0.450. The van der Waals surface area contributed by atoms with Crippen LogP contribution < -0.4 is 5.32 Å². The van der Waals surface area contributed by atoms with Crippen molar-refractivity contribution in [1.29, 1.82) is 0 Å². The summed E-state index contributed by atoms with van der Waals surface area (Å²) < 4.78 is 0. The fourth-order valence-electron chi connectivity index (χ4n) is 4.20. The van der Waals surface area contributed by atoms with Crippen molar-refractivity contribution in [2.45, 2.75) is 31.8 Å². The molecule has 3 N–H and O–H groups in total. The van der Waals surface area contributed by atoms with Crippen molar-refractivity contribution >= 4 is 22.4 Å². The van der Waals surface area contributed by atoms with E-state index in [1.54, 1.807) is 0 Å². The van der Waals surface area contributed by atoms with Crippen molar-refractivity contribution < 1.29 is 9.90 Å². The zero-order valence-corrected chi connectivity index (χ0v) is 14.7. The Morgan fingerprint density at radius 1 is 1.48 bits per heavy atom. The van der Waals surface area contributed by atoms with Gasteiger partial charge in [-0.1, -0.05) is 25.1 Å². The molecule has 2 heterocycles. The van der Waals surface area contributed by atoms with Gasteiger partial charge in [-0.2, -0.15) is 0 Å². The number of benzene rings is 1. The Labute approximate surface area is 147 Å². The number of amides is 1. The molecule has 1 aromatic carbocycles. The van der Waals surface area contributed by atoms with Crippen LogP contribution in [-0.4, -0.2) is 53.2 Å². The molecule has 1 aromatic heterocycles. The predicted molar refractivity (Wildman–Crippen MR) is 99.2 cm³/mol. The molecular weight excluding hydrogens is 314 g/mol. The van der Waals surface area contributed by atoms with Crippen molar-refractivity contribution in [2.24, 2.45) is 5.92 Å². The number of aromatic amines is 1. The highest BCUT2D eigenvalue weighted by atomic mass is 16.3. The van der Waals surface area contributed by atoms with Crippen LogP contribution in [0.25, 0.3) is 16.5 Å². The van der Waals surface area contributed by atoms with E-state index in [0.717, 1.165) is 18.4 Å². The molecule has 0 bridgehead atoms. The van der Waals surface area contributed by atoms with E-state index >= 15 is 0 Å². The standard InChI is InChI=1S/C20H25N3O2/c1-3-14(11-24)22-20(25)13-7-16-15-5-4-6-17-19(15)12(9-21-17)8-18(16)23(2)10-13/h4-7,9,13-14,18,21,24H,3,8,10-11H2,1-2H3,(H,22,25)/t13?,14?,18-/m1/s1. The van der Waals surface area contributed by atoms with Gasteiger partial charge in [-0.3, -0.25) is 9.69 Å². The van der Waals surface area contributed by atoms with Crippen LogP contribution in [0.4, 0.5) is 0 Å². The number of aliphatic hydroxyl groups is 1. The summed E-state index contributed by atoms with van der Waals surface area (Å²) in [7, 11) is 2.10. The lowest BCUT2D eigenvalue weighted by Crippen LogP contribution is -2.48. The van der Waals surface area contributed by atoms with Crippen LogP contribution in [0.5, 0.6) is 0 Å². The molecule has 4 rings (SSSR count). The fourth-order valence-corrected chi connectivity index (χ4v) is 4.20. The average molecular weight is 339 g/mol. The minimum Gasteiger partial charge on any atom is -0.394 e. The molecule has 3 atom stereocenters. The van der Waals surface area contributed by atoms with Crippen LogP contribution in [0, 0.1) is 5.92 Å². The molecule has 1 aliphatic carbocycles. The monoisotopic (exact) mass is 339 g/mol. The lowest BCUT2D eigenvalue weighted by Gasteiger charge is -2.39. The lowest BCUT2D eigenvalue weighted by atomic mass is 9.80. The first kappa shape index (κ1) is 16.4. The van der Waals surface area contributed by atoms with E-state index < -0.39 is 0 Å². The number of carbonyl (C=O) groups is 1. The molecule has 0 fully saturated rings. The third kappa shape index (κ3) is 2.68. The van der Waals surface area contributed by atoms with Gasteiger partial charge in [0.25, 0.3) is 0 Å². The summed E-state index contributed by atoms with van der Waals surface area (Å²) in [6, 6.07) is 6.49. The molecule has 0 radical (unpaired) electrons. The first-order valence-electron chi connectivity index (χ1n) is 9.05. The summed E-state index contributed by atoms with van der Waals surface area (Å²) in [6.07, 6.45) is 5.97. The van der Waals surface area contributed by atoms with E-state index in [1.165, 1.54) is 22.1 Å². The summed E-state index contributed by atoms with van der Waals surface area (Å²) in [4.78, 5) is 18.3. The number of nitrogens with zero attached hydrogens (tertiary/aromatic N) is 1. The number of fused-ring (bicyclic) bond motifs is 2. The number of aromatic nitrogens is 1. The molecule has 2 aliphatic rings. The third-order valence-corrected chi connectivity index (χ3v) is 5.66. The van der Waals surface area contributed by atoms with Gasteiger partial charge in [0.2, 0.25) is 5.91 Å². The minimum atomic E-state index is -0.187. The van der Waals surface area contributed by atoms with Gasteiger partial charge in [0.05, 0.1) is 18.6 Å². The molecule has 0 saturated carbocycles. The van der Waals surface area contributed by atoms with Crippen LogP contribution in [0.15, 0.2) is 30.5 Å². The second kappa shape index (κ2) is 6.32. The van der Waals surface area contributed by atoms with E-state index in [4.69, 9.17) is 0 Å². The molecule has 5 nitrogen and oxygen atoms in total. The molecule has 2 aromatic rings. The van der Waals surface area contributed by atoms with Gasteiger partial charge in [-0.05, 0) is 42.7 Å². The number of rotatable bonds is 4. The maximum absolute atomic E-state index is 12.7. The van der Waals surface area contributed by atoms with E-state index in [9.17, 15) is 9.90 Å². The van der Waals surface area contributed by atoms with Crippen LogP contribution in [0.3, 0.4) is 0 Å². The second-order valence-corrected chi connectivity index (χ2v) is 7.23. The predicted octanol–water partition coefficient (Wildman–Crippen LogP) is 1.92. The van der Waals surface area contributed by atoms with E-state index in [2.05, 4.69) is 52.7 Å². The largest absolute Gasteiger partial charge is 0.394 e. The van der Waals surface area contributed by atoms with Gasteiger partial charge in [-0.25, -0.2) is 0 Å². The highest BCUT2D eigenvalue weighted by Crippen LogP contribution is 2.40. The third-order valence-electron chi connectivity index (χ3n) is 5.66. The van der Waals surface area contributed by atoms with Crippen molar-refractivity contribution in [3.63, 3.8) is 0 Å². The van der Waals surface area contributed by atoms with Crippen LogP contribution in [0.2, 0.25) is 0 Å². The first-order valence-corrected chi connectivity index (χ1v) is 9.05. The van der Waals surface area contributed by atoms with Crippen molar-refractivity contribution in [2.75, 3.05) is 20.2 Å².